The smallest absolute Gasteiger partial charge is 0.333 e. The number of hydrogen-bond donors (Lipinski definition) is 2. The Morgan fingerprint density at radius 3 is 2.69 bits per heavy atom. The van der Waals surface area contributed by atoms with E-state index in [1.165, 1.54) is 13.1 Å². The summed E-state index contributed by atoms with van der Waals surface area (Å²) in [6, 6.07) is 0. The molecule has 10 heteroatoms. The van der Waals surface area contributed by atoms with Gasteiger partial charge in [-0.15, -0.1) is 0 Å². The summed E-state index contributed by atoms with van der Waals surface area (Å²) in [6.45, 7) is -0.991. The van der Waals surface area contributed by atoms with Crippen molar-refractivity contribution in [2.45, 2.75) is 45.3 Å². The van der Waals surface area contributed by atoms with Gasteiger partial charge in [-0.05, 0) is 38.5 Å². The largest absolute Gasteiger partial charge is 0.475 e. The molecule has 0 aromatic carbocycles. The van der Waals surface area contributed by atoms with Crippen LogP contribution in [0.15, 0.2) is 12.4 Å². The maximum atomic E-state index is 13.9. The highest BCUT2D eigenvalue weighted by Crippen LogP contribution is 2.26. The highest BCUT2D eigenvalue weighted by atomic mass is 19.3. The van der Waals surface area contributed by atoms with Gasteiger partial charge < -0.3 is 15.2 Å². The van der Waals surface area contributed by atoms with E-state index in [0.29, 0.717) is 29.8 Å². The monoisotopic (exact) mass is 371 g/mol. The molecule has 1 fully saturated rings. The Morgan fingerprint density at radius 1 is 1.31 bits per heavy atom. The van der Waals surface area contributed by atoms with Crippen molar-refractivity contribution in [1.29, 1.82) is 0 Å². The molecule has 0 saturated heterocycles. The molecule has 0 spiro atoms. The van der Waals surface area contributed by atoms with E-state index < -0.39 is 12.4 Å². The van der Waals surface area contributed by atoms with Gasteiger partial charge in [0, 0.05) is 0 Å². The second-order valence-electron chi connectivity index (χ2n) is 6.32. The van der Waals surface area contributed by atoms with Gasteiger partial charge >= 0.3 is 6.55 Å². The highest BCUT2D eigenvalue weighted by Gasteiger charge is 2.21. The summed E-state index contributed by atoms with van der Waals surface area (Å²) >= 11 is 0. The summed E-state index contributed by atoms with van der Waals surface area (Å²) in [6.07, 6.45) is 4.96. The second kappa shape index (κ2) is 7.90. The van der Waals surface area contributed by atoms with E-state index in [-0.39, 0.29) is 29.5 Å². The first-order chi connectivity index (χ1) is 12.4. The molecular formula is C16H20F3N5O2. The number of nitrogens with zero attached hydrogens (tertiary/aromatic N) is 4. The van der Waals surface area contributed by atoms with Crippen molar-refractivity contribution in [2.24, 2.45) is 5.92 Å². The van der Waals surface area contributed by atoms with Crippen LogP contribution in [0.25, 0.3) is 0 Å². The van der Waals surface area contributed by atoms with Crippen LogP contribution >= 0.6 is 0 Å². The van der Waals surface area contributed by atoms with Gasteiger partial charge in [0.2, 0.25) is 11.8 Å². The Balaban J connectivity index is 1.66. The van der Waals surface area contributed by atoms with E-state index in [4.69, 9.17) is 4.74 Å². The summed E-state index contributed by atoms with van der Waals surface area (Å²) in [5, 5.41) is 15.8. The lowest BCUT2D eigenvalue weighted by Crippen LogP contribution is -2.23. The van der Waals surface area contributed by atoms with Crippen LogP contribution in [-0.4, -0.2) is 37.6 Å². The molecule has 0 unspecified atom stereocenters. The minimum atomic E-state index is -2.76. The van der Waals surface area contributed by atoms with Crippen molar-refractivity contribution >= 4 is 11.6 Å². The van der Waals surface area contributed by atoms with Gasteiger partial charge in [0.1, 0.15) is 0 Å². The normalized spacial score (nSPS) is 20.4. The molecule has 0 aliphatic heterocycles. The third kappa shape index (κ3) is 4.24. The van der Waals surface area contributed by atoms with Crippen LogP contribution in [0.3, 0.4) is 0 Å². The predicted molar refractivity (Wildman–Crippen MR) is 86.9 cm³/mol. The van der Waals surface area contributed by atoms with E-state index >= 15 is 0 Å². The first kappa shape index (κ1) is 18.4. The molecule has 0 amide bonds. The Bertz CT molecular complexity index is 747. The molecular weight excluding hydrogens is 351 g/mol. The molecule has 3 rings (SSSR count). The molecule has 2 aromatic rings. The minimum absolute atomic E-state index is 0.0254. The zero-order valence-corrected chi connectivity index (χ0v) is 14.2. The van der Waals surface area contributed by atoms with Gasteiger partial charge in [-0.25, -0.2) is 9.67 Å². The van der Waals surface area contributed by atoms with E-state index in [1.54, 1.807) is 0 Å². The molecule has 1 aliphatic rings. The topological polar surface area (TPSA) is 85.1 Å². The Kier molecular flexibility index (Phi) is 5.60. The summed E-state index contributed by atoms with van der Waals surface area (Å²) in [4.78, 5) is 7.77. The number of anilines is 2. The maximum absolute atomic E-state index is 13.9. The number of nitrogens with one attached hydrogen (secondary N) is 1. The van der Waals surface area contributed by atoms with Crippen molar-refractivity contribution in [3.05, 3.63) is 23.9 Å². The molecule has 1 saturated carbocycles. The lowest BCUT2D eigenvalue weighted by molar-refractivity contribution is 0.0545. The van der Waals surface area contributed by atoms with Crippen LogP contribution in [0.4, 0.5) is 24.8 Å². The number of ether oxygens (including phenoxy) is 1. The van der Waals surface area contributed by atoms with Crippen LogP contribution in [0.5, 0.6) is 5.88 Å². The number of halogens is 3. The number of aliphatic hydroxyl groups excluding tert-OH is 1. The Labute approximate surface area is 148 Å². The fourth-order valence-electron chi connectivity index (χ4n) is 2.88. The number of rotatable bonds is 6. The predicted octanol–water partition coefficient (Wildman–Crippen LogP) is 3.19. The van der Waals surface area contributed by atoms with Crippen molar-refractivity contribution < 1.29 is 23.0 Å². The zero-order chi connectivity index (χ0) is 18.7. The van der Waals surface area contributed by atoms with Gasteiger partial charge in [-0.3, -0.25) is 0 Å². The Hall–Kier alpha value is -2.36. The summed E-state index contributed by atoms with van der Waals surface area (Å²) in [5.41, 5.74) is 0.500. The number of hydrogen-bond acceptors (Lipinski definition) is 6. The molecule has 2 N–H and O–H groups in total. The first-order valence-corrected chi connectivity index (χ1v) is 8.36. The Morgan fingerprint density at radius 2 is 2.04 bits per heavy atom. The van der Waals surface area contributed by atoms with Crippen molar-refractivity contribution in [2.75, 3.05) is 11.9 Å². The third-order valence-corrected chi connectivity index (χ3v) is 4.46. The lowest BCUT2D eigenvalue weighted by Gasteiger charge is -2.25. The van der Waals surface area contributed by atoms with Gasteiger partial charge in [-0.2, -0.15) is 23.3 Å². The molecule has 0 radical (unpaired) electrons. The summed E-state index contributed by atoms with van der Waals surface area (Å²) < 4.78 is 45.4. The van der Waals surface area contributed by atoms with Crippen LogP contribution in [-0.2, 0) is 0 Å². The van der Waals surface area contributed by atoms with Crippen molar-refractivity contribution in [1.82, 2.24) is 19.7 Å². The molecule has 2 aromatic heterocycles. The average molecular weight is 371 g/mol. The fourth-order valence-corrected chi connectivity index (χ4v) is 2.88. The molecule has 1 aliphatic carbocycles. The number of aliphatic hydroxyl groups is 1. The quantitative estimate of drug-likeness (QED) is 0.811. The van der Waals surface area contributed by atoms with Crippen LogP contribution in [0.2, 0.25) is 0 Å². The van der Waals surface area contributed by atoms with Gasteiger partial charge in [-0.1, -0.05) is 0 Å². The van der Waals surface area contributed by atoms with Gasteiger partial charge in [0.05, 0.1) is 36.5 Å². The van der Waals surface area contributed by atoms with Crippen LogP contribution in [0.1, 0.15) is 37.9 Å². The van der Waals surface area contributed by atoms with Crippen molar-refractivity contribution in [3.8, 4) is 5.88 Å². The van der Waals surface area contributed by atoms with Gasteiger partial charge in [0.25, 0.3) is 5.88 Å². The van der Waals surface area contributed by atoms with E-state index in [9.17, 15) is 18.3 Å². The van der Waals surface area contributed by atoms with Crippen LogP contribution in [0, 0.1) is 18.7 Å². The van der Waals surface area contributed by atoms with Gasteiger partial charge in [0.15, 0.2) is 0 Å². The summed E-state index contributed by atoms with van der Waals surface area (Å²) in [7, 11) is 0. The average Bonchev–Trinajstić information content (AvgIpc) is 2.97. The van der Waals surface area contributed by atoms with E-state index in [0.717, 1.165) is 19.0 Å². The third-order valence-electron chi connectivity index (χ3n) is 4.46. The fraction of sp³-hybridized carbons (Fsp3) is 0.562. The number of aromatic nitrogens is 4. The van der Waals surface area contributed by atoms with E-state index in [1.807, 2.05) is 0 Å². The zero-order valence-electron chi connectivity index (χ0n) is 14.2. The lowest BCUT2D eigenvalue weighted by atomic mass is 9.88. The second-order valence-corrected chi connectivity index (χ2v) is 6.32. The molecule has 0 bridgehead atoms. The summed E-state index contributed by atoms with van der Waals surface area (Å²) in [5.74, 6) is -0.646. The molecule has 2 heterocycles. The van der Waals surface area contributed by atoms with Crippen LogP contribution < -0.4 is 10.1 Å². The first-order valence-electron chi connectivity index (χ1n) is 8.36. The minimum Gasteiger partial charge on any atom is -0.475 e. The molecule has 0 atom stereocenters. The SMILES string of the molecule is Cc1c(Nc2ncc(F)c(OCC3CCC(O)CC3)n2)cnn1C(F)F. The van der Waals surface area contributed by atoms with Crippen molar-refractivity contribution in [3.63, 3.8) is 0 Å². The molecule has 26 heavy (non-hydrogen) atoms. The molecule has 7 nitrogen and oxygen atoms in total. The van der Waals surface area contributed by atoms with E-state index in [2.05, 4.69) is 20.4 Å². The number of alkyl halides is 2. The maximum Gasteiger partial charge on any atom is 0.333 e. The highest BCUT2D eigenvalue weighted by molar-refractivity contribution is 5.55. The molecule has 142 valence electrons. The standard InChI is InChI=1S/C16H20F3N5O2/c1-9-13(7-21-24(9)15(18)19)22-16-20-6-12(17)14(23-16)26-8-10-2-4-11(25)5-3-10/h6-7,10-11,15,25H,2-5,8H2,1H3,(H,20,22,23).